The third-order valence-electron chi connectivity index (χ3n) is 2.85. The Bertz CT molecular complexity index is 344. The molecule has 0 radical (unpaired) electrons. The van der Waals surface area contributed by atoms with Gasteiger partial charge in [0, 0.05) is 13.2 Å². The van der Waals surface area contributed by atoms with E-state index in [1.165, 1.54) is 5.56 Å². The first-order valence-electron chi connectivity index (χ1n) is 6.80. The Kier molecular flexibility index (Phi) is 8.21. The van der Waals surface area contributed by atoms with Crippen LogP contribution in [0.15, 0.2) is 24.3 Å². The highest BCUT2D eigenvalue weighted by atomic mass is 16.5. The lowest BCUT2D eigenvalue weighted by atomic mass is 10.0. The first-order valence-corrected chi connectivity index (χ1v) is 6.80. The van der Waals surface area contributed by atoms with E-state index < -0.39 is 0 Å². The highest BCUT2D eigenvalue weighted by Crippen LogP contribution is 2.14. The maximum Gasteiger partial charge on any atom is 0.119 e. The summed E-state index contributed by atoms with van der Waals surface area (Å²) in [6.07, 6.45) is 1.87. The van der Waals surface area contributed by atoms with Gasteiger partial charge in [-0.3, -0.25) is 0 Å². The van der Waals surface area contributed by atoms with Gasteiger partial charge in [-0.15, -0.1) is 0 Å². The molecule has 108 valence electrons. The molecule has 2 N–H and O–H groups in total. The van der Waals surface area contributed by atoms with Crippen molar-refractivity contribution in [3.05, 3.63) is 29.8 Å². The number of nitrogens with two attached hydrogens (primary N) is 1. The van der Waals surface area contributed by atoms with Crippen LogP contribution in [-0.2, 0) is 15.9 Å². The molecule has 0 heterocycles. The van der Waals surface area contributed by atoms with Crippen LogP contribution >= 0.6 is 0 Å². The first-order chi connectivity index (χ1) is 9.26. The third kappa shape index (κ3) is 7.15. The zero-order valence-electron chi connectivity index (χ0n) is 11.9. The molecule has 1 aromatic carbocycles. The van der Waals surface area contributed by atoms with Gasteiger partial charge in [0.25, 0.3) is 0 Å². The van der Waals surface area contributed by atoms with E-state index in [1.807, 2.05) is 18.2 Å². The summed E-state index contributed by atoms with van der Waals surface area (Å²) in [5.41, 5.74) is 7.17. The van der Waals surface area contributed by atoms with E-state index >= 15 is 0 Å². The van der Waals surface area contributed by atoms with Crippen LogP contribution in [0.4, 0.5) is 0 Å². The molecule has 0 aromatic heterocycles. The average Bonchev–Trinajstić information content (AvgIpc) is 2.43. The molecule has 0 fully saturated rings. The predicted molar refractivity (Wildman–Crippen MR) is 76.6 cm³/mol. The number of ether oxygens (including phenoxy) is 3. The summed E-state index contributed by atoms with van der Waals surface area (Å²) in [6, 6.07) is 8.30. The molecule has 1 rings (SSSR count). The van der Waals surface area contributed by atoms with Gasteiger partial charge in [-0.25, -0.2) is 0 Å². The highest BCUT2D eigenvalue weighted by molar-refractivity contribution is 5.29. The van der Waals surface area contributed by atoms with Crippen LogP contribution < -0.4 is 10.5 Å². The third-order valence-corrected chi connectivity index (χ3v) is 2.85. The molecule has 0 aliphatic heterocycles. The van der Waals surface area contributed by atoms with Crippen molar-refractivity contribution in [2.75, 3.05) is 33.5 Å². The van der Waals surface area contributed by atoms with E-state index in [2.05, 4.69) is 13.0 Å². The van der Waals surface area contributed by atoms with Gasteiger partial charge in [-0.2, -0.15) is 0 Å². The van der Waals surface area contributed by atoms with E-state index in [4.69, 9.17) is 19.9 Å². The molecular formula is C15H25NO3. The Balaban J connectivity index is 2.28. The van der Waals surface area contributed by atoms with Crippen LogP contribution in [0.2, 0.25) is 0 Å². The molecule has 0 saturated heterocycles. The van der Waals surface area contributed by atoms with E-state index in [0.29, 0.717) is 26.4 Å². The fourth-order valence-corrected chi connectivity index (χ4v) is 1.67. The molecule has 0 amide bonds. The van der Waals surface area contributed by atoms with Gasteiger partial charge >= 0.3 is 0 Å². The molecule has 4 nitrogen and oxygen atoms in total. The number of methoxy groups -OCH3 is 1. The zero-order valence-corrected chi connectivity index (χ0v) is 11.9. The Morgan fingerprint density at radius 3 is 2.68 bits per heavy atom. The second-order valence-electron chi connectivity index (χ2n) is 4.47. The van der Waals surface area contributed by atoms with Crippen LogP contribution in [0.5, 0.6) is 5.75 Å². The van der Waals surface area contributed by atoms with Crippen molar-refractivity contribution in [2.24, 2.45) is 5.73 Å². The van der Waals surface area contributed by atoms with Gasteiger partial charge in [-0.05, 0) is 30.5 Å². The highest BCUT2D eigenvalue weighted by Gasteiger charge is 2.02. The Morgan fingerprint density at radius 1 is 1.16 bits per heavy atom. The Labute approximate surface area is 115 Å². The Morgan fingerprint density at radius 2 is 1.95 bits per heavy atom. The maximum atomic E-state index is 5.95. The summed E-state index contributed by atoms with van der Waals surface area (Å²) < 4.78 is 15.9. The predicted octanol–water partition coefficient (Wildman–Crippen LogP) is 2.01. The van der Waals surface area contributed by atoms with Crippen molar-refractivity contribution in [2.45, 2.75) is 25.8 Å². The van der Waals surface area contributed by atoms with Crippen LogP contribution in [0.1, 0.15) is 18.9 Å². The minimum atomic E-state index is 0.215. The molecule has 0 aliphatic rings. The normalized spacial score (nSPS) is 12.4. The van der Waals surface area contributed by atoms with Crippen LogP contribution in [0, 0.1) is 0 Å². The number of benzene rings is 1. The van der Waals surface area contributed by atoms with Gasteiger partial charge in [0.2, 0.25) is 0 Å². The molecule has 1 unspecified atom stereocenters. The summed E-state index contributed by atoms with van der Waals surface area (Å²) in [6.45, 7) is 4.44. The van der Waals surface area contributed by atoms with Crippen molar-refractivity contribution in [3.8, 4) is 5.75 Å². The van der Waals surface area contributed by atoms with Crippen molar-refractivity contribution in [1.29, 1.82) is 0 Å². The lowest BCUT2D eigenvalue weighted by molar-refractivity contribution is 0.0544. The molecule has 19 heavy (non-hydrogen) atoms. The average molecular weight is 267 g/mol. The van der Waals surface area contributed by atoms with E-state index in [-0.39, 0.29) is 6.04 Å². The summed E-state index contributed by atoms with van der Waals surface area (Å²) in [5.74, 6) is 0.871. The van der Waals surface area contributed by atoms with Crippen molar-refractivity contribution in [1.82, 2.24) is 0 Å². The topological polar surface area (TPSA) is 53.7 Å². The minimum absolute atomic E-state index is 0.215. The SMILES string of the molecule is CCC(N)Cc1cccc(OCCOCCOC)c1. The fourth-order valence-electron chi connectivity index (χ4n) is 1.67. The number of hydrogen-bond donors (Lipinski definition) is 1. The van der Waals surface area contributed by atoms with E-state index in [0.717, 1.165) is 18.6 Å². The van der Waals surface area contributed by atoms with E-state index in [9.17, 15) is 0 Å². The van der Waals surface area contributed by atoms with Crippen LogP contribution in [-0.4, -0.2) is 39.6 Å². The lowest BCUT2D eigenvalue weighted by Crippen LogP contribution is -2.21. The monoisotopic (exact) mass is 267 g/mol. The first kappa shape index (κ1) is 16.0. The number of rotatable bonds is 10. The van der Waals surface area contributed by atoms with Gasteiger partial charge in [-0.1, -0.05) is 19.1 Å². The molecule has 0 spiro atoms. The molecule has 1 aromatic rings. The van der Waals surface area contributed by atoms with Crippen molar-refractivity contribution in [3.63, 3.8) is 0 Å². The Hall–Kier alpha value is -1.10. The summed E-state index contributed by atoms with van der Waals surface area (Å²) in [5, 5.41) is 0. The molecule has 1 atom stereocenters. The summed E-state index contributed by atoms with van der Waals surface area (Å²) >= 11 is 0. The largest absolute Gasteiger partial charge is 0.491 e. The molecular weight excluding hydrogens is 242 g/mol. The molecule has 0 bridgehead atoms. The number of hydrogen-bond acceptors (Lipinski definition) is 4. The second kappa shape index (κ2) is 9.78. The standard InChI is InChI=1S/C15H25NO3/c1-3-14(16)11-13-5-4-6-15(12-13)19-10-9-18-8-7-17-2/h4-6,12,14H,3,7-11,16H2,1-2H3. The molecule has 0 aliphatic carbocycles. The second-order valence-corrected chi connectivity index (χ2v) is 4.47. The van der Waals surface area contributed by atoms with Crippen LogP contribution in [0.3, 0.4) is 0 Å². The lowest BCUT2D eigenvalue weighted by Gasteiger charge is -2.11. The minimum Gasteiger partial charge on any atom is -0.491 e. The molecule has 0 saturated carbocycles. The summed E-state index contributed by atoms with van der Waals surface area (Å²) in [4.78, 5) is 0. The fraction of sp³-hybridized carbons (Fsp3) is 0.600. The molecule has 4 heteroatoms. The summed E-state index contributed by atoms with van der Waals surface area (Å²) in [7, 11) is 1.66. The zero-order chi connectivity index (χ0) is 13.9. The van der Waals surface area contributed by atoms with Gasteiger partial charge in [0.05, 0.1) is 19.8 Å². The smallest absolute Gasteiger partial charge is 0.119 e. The van der Waals surface area contributed by atoms with Crippen LogP contribution in [0.25, 0.3) is 0 Å². The van der Waals surface area contributed by atoms with Crippen molar-refractivity contribution < 1.29 is 14.2 Å². The van der Waals surface area contributed by atoms with Gasteiger partial charge < -0.3 is 19.9 Å². The van der Waals surface area contributed by atoms with Gasteiger partial charge in [0.1, 0.15) is 12.4 Å². The maximum absolute atomic E-state index is 5.95. The quantitative estimate of drug-likeness (QED) is 0.659. The van der Waals surface area contributed by atoms with Crippen molar-refractivity contribution >= 4 is 0 Å². The van der Waals surface area contributed by atoms with Gasteiger partial charge in [0.15, 0.2) is 0 Å². The van der Waals surface area contributed by atoms with E-state index in [1.54, 1.807) is 7.11 Å².